The fraction of sp³-hybridized carbons (Fsp3) is 0.400. The van der Waals surface area contributed by atoms with Crippen LogP contribution in [0.25, 0.3) is 11.4 Å². The van der Waals surface area contributed by atoms with Gasteiger partial charge in [0.05, 0.1) is 5.41 Å². The molecule has 0 spiro atoms. The third-order valence-corrected chi connectivity index (χ3v) is 6.28. The second-order valence-electron chi connectivity index (χ2n) is 7.53. The highest BCUT2D eigenvalue weighted by Gasteiger charge is 2.54. The molecule has 2 atom stereocenters. The summed E-state index contributed by atoms with van der Waals surface area (Å²) in [6.45, 7) is 2.74. The van der Waals surface area contributed by atoms with Crippen molar-refractivity contribution in [2.24, 2.45) is 5.92 Å². The molecular weight excluding hydrogens is 362 g/mol. The number of pyridine rings is 2. The first-order valence-electron chi connectivity index (χ1n) is 9.31. The number of hydrogen-bond donors (Lipinski definition) is 0. The van der Waals surface area contributed by atoms with Crippen molar-refractivity contribution >= 4 is 11.6 Å². The molecule has 6 nitrogen and oxygen atoms in total. The molecule has 3 aromatic heterocycles. The fourth-order valence-electron chi connectivity index (χ4n) is 4.68. The van der Waals surface area contributed by atoms with E-state index in [2.05, 4.69) is 20.0 Å². The van der Waals surface area contributed by atoms with Crippen LogP contribution in [0.3, 0.4) is 0 Å². The summed E-state index contributed by atoms with van der Waals surface area (Å²) in [5.74, 6) is 1.92. The lowest BCUT2D eigenvalue weighted by Gasteiger charge is -2.24. The van der Waals surface area contributed by atoms with Gasteiger partial charge in [0, 0.05) is 49.4 Å². The van der Waals surface area contributed by atoms with Crippen LogP contribution < -0.4 is 0 Å². The summed E-state index contributed by atoms with van der Waals surface area (Å²) in [7, 11) is 0. The van der Waals surface area contributed by atoms with E-state index in [0.29, 0.717) is 16.9 Å². The SMILES string of the molecule is Clc1ncccc1CN1C[C@H]2CCC[C@@]2(c2nc(-c3cccnc3)no2)C1. The maximum atomic E-state index is 6.26. The Labute approximate surface area is 162 Å². The molecule has 1 saturated carbocycles. The Balaban J connectivity index is 1.41. The number of nitrogens with zero attached hydrogens (tertiary/aromatic N) is 5. The fourth-order valence-corrected chi connectivity index (χ4v) is 4.86. The molecule has 4 heterocycles. The number of hydrogen-bond acceptors (Lipinski definition) is 6. The maximum Gasteiger partial charge on any atom is 0.234 e. The van der Waals surface area contributed by atoms with E-state index < -0.39 is 0 Å². The number of aromatic nitrogens is 4. The highest BCUT2D eigenvalue weighted by Crippen LogP contribution is 2.50. The summed E-state index contributed by atoms with van der Waals surface area (Å²) < 4.78 is 5.78. The average molecular weight is 382 g/mol. The van der Waals surface area contributed by atoms with E-state index in [-0.39, 0.29) is 5.41 Å². The summed E-state index contributed by atoms with van der Waals surface area (Å²) in [5, 5.41) is 4.82. The Morgan fingerprint density at radius 2 is 2.19 bits per heavy atom. The van der Waals surface area contributed by atoms with Crippen LogP contribution in [-0.4, -0.2) is 38.1 Å². The monoisotopic (exact) mass is 381 g/mol. The zero-order valence-corrected chi connectivity index (χ0v) is 15.6. The largest absolute Gasteiger partial charge is 0.338 e. The Morgan fingerprint density at radius 1 is 1.26 bits per heavy atom. The molecule has 0 aromatic carbocycles. The van der Waals surface area contributed by atoms with Crippen LogP contribution in [-0.2, 0) is 12.0 Å². The molecule has 0 unspecified atom stereocenters. The molecule has 138 valence electrons. The van der Waals surface area contributed by atoms with Gasteiger partial charge < -0.3 is 4.52 Å². The number of halogens is 1. The lowest BCUT2D eigenvalue weighted by molar-refractivity contribution is 0.245. The van der Waals surface area contributed by atoms with Crippen molar-refractivity contribution in [2.75, 3.05) is 13.1 Å². The molecule has 1 aliphatic heterocycles. The molecule has 2 fully saturated rings. The van der Waals surface area contributed by atoms with Gasteiger partial charge in [-0.2, -0.15) is 4.98 Å². The lowest BCUT2D eigenvalue weighted by Crippen LogP contribution is -2.32. The minimum absolute atomic E-state index is 0.0534. The van der Waals surface area contributed by atoms with Crippen LogP contribution in [0.1, 0.15) is 30.7 Å². The minimum Gasteiger partial charge on any atom is -0.338 e. The van der Waals surface area contributed by atoms with Gasteiger partial charge in [-0.15, -0.1) is 0 Å². The average Bonchev–Trinajstić information content (AvgIpc) is 3.38. The highest BCUT2D eigenvalue weighted by atomic mass is 35.5. The molecule has 0 amide bonds. The summed E-state index contributed by atoms with van der Waals surface area (Å²) in [6.07, 6.45) is 8.73. The van der Waals surface area contributed by atoms with E-state index in [9.17, 15) is 0 Å². The molecule has 3 aromatic rings. The van der Waals surface area contributed by atoms with E-state index in [1.165, 1.54) is 12.8 Å². The Bertz CT molecular complexity index is 946. The van der Waals surface area contributed by atoms with Gasteiger partial charge in [-0.05, 0) is 37.0 Å². The molecule has 1 aliphatic carbocycles. The molecule has 7 heteroatoms. The van der Waals surface area contributed by atoms with E-state index in [0.717, 1.165) is 43.1 Å². The molecule has 27 heavy (non-hydrogen) atoms. The van der Waals surface area contributed by atoms with Crippen LogP contribution in [0.15, 0.2) is 47.4 Å². The summed E-state index contributed by atoms with van der Waals surface area (Å²) in [4.78, 5) is 15.6. The van der Waals surface area contributed by atoms with Gasteiger partial charge in [0.1, 0.15) is 5.15 Å². The van der Waals surface area contributed by atoms with Crippen LogP contribution in [0.5, 0.6) is 0 Å². The van der Waals surface area contributed by atoms with E-state index >= 15 is 0 Å². The van der Waals surface area contributed by atoms with Crippen molar-refractivity contribution in [1.82, 2.24) is 25.0 Å². The van der Waals surface area contributed by atoms with Gasteiger partial charge in [-0.3, -0.25) is 9.88 Å². The predicted molar refractivity (Wildman–Crippen MR) is 101 cm³/mol. The first-order valence-corrected chi connectivity index (χ1v) is 9.69. The smallest absolute Gasteiger partial charge is 0.234 e. The van der Waals surface area contributed by atoms with Crippen LogP contribution >= 0.6 is 11.6 Å². The molecule has 1 saturated heterocycles. The second-order valence-corrected chi connectivity index (χ2v) is 7.89. The molecule has 2 aliphatic rings. The van der Waals surface area contributed by atoms with Gasteiger partial charge in [-0.1, -0.05) is 29.2 Å². The Kier molecular flexibility index (Phi) is 4.17. The zero-order chi connectivity index (χ0) is 18.3. The van der Waals surface area contributed by atoms with E-state index in [4.69, 9.17) is 21.1 Å². The van der Waals surface area contributed by atoms with Gasteiger partial charge in [-0.25, -0.2) is 4.98 Å². The first-order chi connectivity index (χ1) is 13.2. The number of rotatable bonds is 4. The highest BCUT2D eigenvalue weighted by molar-refractivity contribution is 6.30. The van der Waals surface area contributed by atoms with E-state index in [1.54, 1.807) is 18.6 Å². The van der Waals surface area contributed by atoms with Crippen molar-refractivity contribution in [3.05, 3.63) is 59.5 Å². The van der Waals surface area contributed by atoms with E-state index in [1.807, 2.05) is 24.3 Å². The normalized spacial score (nSPS) is 25.0. The number of fused-ring (bicyclic) bond motifs is 1. The van der Waals surface area contributed by atoms with Gasteiger partial charge in [0.15, 0.2) is 0 Å². The minimum atomic E-state index is -0.0534. The summed E-state index contributed by atoms with van der Waals surface area (Å²) in [6, 6.07) is 7.82. The van der Waals surface area contributed by atoms with Crippen LogP contribution in [0.2, 0.25) is 5.15 Å². The standard InChI is InChI=1S/C20H20ClN5O/c21-17-15(5-3-9-23-17)11-26-12-16-6-1-7-20(16,13-26)19-24-18(25-27-19)14-4-2-8-22-10-14/h2-5,8-10,16H,1,6-7,11-13H2/t16-,20-/m1/s1. The molecule has 0 radical (unpaired) electrons. The predicted octanol–water partition coefficient (Wildman–Crippen LogP) is 3.73. The lowest BCUT2D eigenvalue weighted by atomic mass is 9.80. The van der Waals surface area contributed by atoms with Crippen molar-refractivity contribution < 1.29 is 4.52 Å². The summed E-state index contributed by atoms with van der Waals surface area (Å²) >= 11 is 6.26. The first kappa shape index (κ1) is 16.8. The number of likely N-dealkylation sites (tertiary alicyclic amines) is 1. The second kappa shape index (κ2) is 6.69. The maximum absolute atomic E-state index is 6.26. The Morgan fingerprint density at radius 3 is 3.04 bits per heavy atom. The van der Waals surface area contributed by atoms with Gasteiger partial charge in [0.2, 0.25) is 11.7 Å². The topological polar surface area (TPSA) is 67.9 Å². The van der Waals surface area contributed by atoms with Crippen molar-refractivity contribution in [2.45, 2.75) is 31.2 Å². The molecule has 0 N–H and O–H groups in total. The zero-order valence-electron chi connectivity index (χ0n) is 14.9. The third-order valence-electron chi connectivity index (χ3n) is 5.94. The summed E-state index contributed by atoms with van der Waals surface area (Å²) in [5.41, 5.74) is 1.90. The molecule has 5 rings (SSSR count). The van der Waals surface area contributed by atoms with Crippen LogP contribution in [0.4, 0.5) is 0 Å². The van der Waals surface area contributed by atoms with Gasteiger partial charge in [0.25, 0.3) is 0 Å². The third kappa shape index (κ3) is 2.93. The van der Waals surface area contributed by atoms with Crippen molar-refractivity contribution in [3.8, 4) is 11.4 Å². The van der Waals surface area contributed by atoms with Gasteiger partial charge >= 0.3 is 0 Å². The van der Waals surface area contributed by atoms with Crippen LogP contribution in [0, 0.1) is 5.92 Å². The molecule has 0 bridgehead atoms. The van der Waals surface area contributed by atoms with Crippen molar-refractivity contribution in [1.29, 1.82) is 0 Å². The quantitative estimate of drug-likeness (QED) is 0.641. The molecular formula is C20H20ClN5O. The Hall–Kier alpha value is -2.31. The van der Waals surface area contributed by atoms with Crippen molar-refractivity contribution in [3.63, 3.8) is 0 Å².